The van der Waals surface area contributed by atoms with Crippen LogP contribution in [-0.2, 0) is 0 Å². The largest absolute Gasteiger partial charge is 0.381 e. The predicted molar refractivity (Wildman–Crippen MR) is 64.5 cm³/mol. The molecule has 6 nitrogen and oxygen atoms in total. The van der Waals surface area contributed by atoms with Gasteiger partial charge in [0.2, 0.25) is 0 Å². The first-order valence-electron chi connectivity index (χ1n) is 4.96. The van der Waals surface area contributed by atoms with Crippen LogP contribution in [0.1, 0.15) is 5.56 Å². The van der Waals surface area contributed by atoms with Crippen molar-refractivity contribution in [3.05, 3.63) is 46.0 Å². The van der Waals surface area contributed by atoms with E-state index in [1.807, 2.05) is 6.08 Å². The highest BCUT2D eigenvalue weighted by Gasteiger charge is 2.13. The Kier molecular flexibility index (Phi) is 4.66. The first kappa shape index (κ1) is 12.7. The van der Waals surface area contributed by atoms with Gasteiger partial charge in [0.1, 0.15) is 11.6 Å². The van der Waals surface area contributed by atoms with Gasteiger partial charge in [0.15, 0.2) is 0 Å². The van der Waals surface area contributed by atoms with Crippen molar-refractivity contribution in [2.24, 2.45) is 5.73 Å². The summed E-state index contributed by atoms with van der Waals surface area (Å²) in [5.74, 6) is 0. The van der Waals surface area contributed by atoms with Gasteiger partial charge in [-0.05, 0) is 12.1 Å². The number of nitrogens with zero attached hydrogens (tertiary/aromatic N) is 2. The molecule has 0 saturated heterocycles. The van der Waals surface area contributed by atoms with Gasteiger partial charge in [-0.2, -0.15) is 5.26 Å². The van der Waals surface area contributed by atoms with Crippen molar-refractivity contribution in [3.63, 3.8) is 0 Å². The molecule has 0 atom stereocenters. The second kappa shape index (κ2) is 6.25. The Morgan fingerprint density at radius 2 is 2.29 bits per heavy atom. The van der Waals surface area contributed by atoms with Gasteiger partial charge in [0, 0.05) is 24.8 Å². The Labute approximate surface area is 98.5 Å². The number of nitriles is 1. The molecule has 3 N–H and O–H groups in total. The molecule has 1 aromatic rings. The van der Waals surface area contributed by atoms with Crippen molar-refractivity contribution < 1.29 is 4.92 Å². The van der Waals surface area contributed by atoms with Gasteiger partial charge in [0.25, 0.3) is 5.69 Å². The van der Waals surface area contributed by atoms with Crippen LogP contribution >= 0.6 is 0 Å². The van der Waals surface area contributed by atoms with E-state index in [0.717, 1.165) is 0 Å². The highest BCUT2D eigenvalue weighted by Crippen LogP contribution is 2.22. The Morgan fingerprint density at radius 1 is 1.53 bits per heavy atom. The van der Waals surface area contributed by atoms with Gasteiger partial charge >= 0.3 is 0 Å². The number of anilines is 1. The number of hydrogen-bond acceptors (Lipinski definition) is 5. The van der Waals surface area contributed by atoms with Crippen molar-refractivity contribution in [2.45, 2.75) is 0 Å². The molecule has 1 aromatic carbocycles. The quantitative estimate of drug-likeness (QED) is 0.453. The number of benzene rings is 1. The van der Waals surface area contributed by atoms with Gasteiger partial charge in [-0.15, -0.1) is 0 Å². The molecule has 6 heteroatoms. The van der Waals surface area contributed by atoms with E-state index >= 15 is 0 Å². The van der Waals surface area contributed by atoms with Crippen LogP contribution in [0.5, 0.6) is 0 Å². The molecule has 88 valence electrons. The molecule has 0 bridgehead atoms. The lowest BCUT2D eigenvalue weighted by atomic mass is 10.2. The Balaban J connectivity index is 2.82. The van der Waals surface area contributed by atoms with Crippen LogP contribution in [-0.4, -0.2) is 18.0 Å². The number of nitro groups is 1. The topological polar surface area (TPSA) is 105 Å². The first-order chi connectivity index (χ1) is 8.19. The number of hydrogen-bond donors (Lipinski definition) is 2. The lowest BCUT2D eigenvalue weighted by molar-refractivity contribution is -0.385. The summed E-state index contributed by atoms with van der Waals surface area (Å²) in [5.41, 5.74) is 5.72. The predicted octanol–water partition coefficient (Wildman–Crippen LogP) is 1.39. The number of nitrogens with one attached hydrogen (secondary N) is 1. The van der Waals surface area contributed by atoms with Crippen LogP contribution in [0.4, 0.5) is 11.4 Å². The maximum Gasteiger partial charge on any atom is 0.289 e. The Bertz CT molecular complexity index is 477. The van der Waals surface area contributed by atoms with Gasteiger partial charge in [0.05, 0.1) is 4.92 Å². The fourth-order valence-corrected chi connectivity index (χ4v) is 1.24. The summed E-state index contributed by atoms with van der Waals surface area (Å²) in [6.45, 7) is 0.982. The van der Waals surface area contributed by atoms with Crippen LogP contribution in [0, 0.1) is 21.4 Å². The van der Waals surface area contributed by atoms with Gasteiger partial charge in [-0.25, -0.2) is 0 Å². The number of nitro benzene ring substituents is 1. The third-order valence-electron chi connectivity index (χ3n) is 2.04. The van der Waals surface area contributed by atoms with Gasteiger partial charge < -0.3 is 11.1 Å². The van der Waals surface area contributed by atoms with E-state index < -0.39 is 4.92 Å². The van der Waals surface area contributed by atoms with E-state index in [0.29, 0.717) is 18.8 Å². The normalized spacial score (nSPS) is 10.1. The van der Waals surface area contributed by atoms with E-state index in [9.17, 15) is 10.1 Å². The maximum atomic E-state index is 10.7. The molecule has 1 rings (SSSR count). The van der Waals surface area contributed by atoms with E-state index in [1.165, 1.54) is 12.1 Å². The zero-order valence-electron chi connectivity index (χ0n) is 9.09. The minimum atomic E-state index is -0.570. The maximum absolute atomic E-state index is 10.7. The fraction of sp³-hybridized carbons (Fsp3) is 0.182. The lowest BCUT2D eigenvalue weighted by Crippen LogP contribution is -2.01. The van der Waals surface area contributed by atoms with E-state index in [-0.39, 0.29) is 11.3 Å². The molecule has 0 aliphatic rings. The van der Waals surface area contributed by atoms with E-state index in [1.54, 1.807) is 18.2 Å². The molecule has 0 aliphatic heterocycles. The molecule has 0 spiro atoms. The molecule has 0 radical (unpaired) electrons. The summed E-state index contributed by atoms with van der Waals surface area (Å²) in [4.78, 5) is 10.1. The molecule has 0 heterocycles. The molecule has 0 amide bonds. The van der Waals surface area contributed by atoms with E-state index in [2.05, 4.69) is 5.32 Å². The van der Waals surface area contributed by atoms with Crippen molar-refractivity contribution in [3.8, 4) is 6.07 Å². The minimum absolute atomic E-state index is 0.0538. The van der Waals surface area contributed by atoms with Gasteiger partial charge in [-0.3, -0.25) is 10.1 Å². The highest BCUT2D eigenvalue weighted by molar-refractivity contribution is 5.59. The average molecular weight is 232 g/mol. The van der Waals surface area contributed by atoms with Crippen molar-refractivity contribution >= 4 is 11.4 Å². The molecule has 0 fully saturated rings. The number of nitrogens with two attached hydrogens (primary N) is 1. The summed E-state index contributed by atoms with van der Waals surface area (Å²) in [5, 5.41) is 22.4. The summed E-state index contributed by atoms with van der Waals surface area (Å²) in [6, 6.07) is 6.17. The molecular formula is C11H12N4O2. The lowest BCUT2D eigenvalue weighted by Gasteiger charge is -2.03. The molecule has 17 heavy (non-hydrogen) atoms. The second-order valence-corrected chi connectivity index (χ2v) is 3.19. The van der Waals surface area contributed by atoms with Crippen LogP contribution in [0.2, 0.25) is 0 Å². The van der Waals surface area contributed by atoms with Crippen LogP contribution in [0.25, 0.3) is 0 Å². The molecule has 0 aromatic heterocycles. The Morgan fingerprint density at radius 3 is 2.88 bits per heavy atom. The molecule has 0 unspecified atom stereocenters. The monoisotopic (exact) mass is 232 g/mol. The minimum Gasteiger partial charge on any atom is -0.381 e. The highest BCUT2D eigenvalue weighted by atomic mass is 16.6. The third kappa shape index (κ3) is 3.59. The van der Waals surface area contributed by atoms with Crippen molar-refractivity contribution in [1.82, 2.24) is 0 Å². The van der Waals surface area contributed by atoms with Crippen molar-refractivity contribution in [2.75, 3.05) is 18.4 Å². The second-order valence-electron chi connectivity index (χ2n) is 3.19. The van der Waals surface area contributed by atoms with E-state index in [4.69, 9.17) is 11.0 Å². The Hall–Kier alpha value is -2.39. The zero-order valence-corrected chi connectivity index (χ0v) is 9.09. The average Bonchev–Trinajstić information content (AvgIpc) is 2.34. The third-order valence-corrected chi connectivity index (χ3v) is 2.04. The first-order valence-corrected chi connectivity index (χ1v) is 4.96. The van der Waals surface area contributed by atoms with Crippen LogP contribution in [0.15, 0.2) is 30.4 Å². The summed E-state index contributed by atoms with van der Waals surface area (Å²) >= 11 is 0. The van der Waals surface area contributed by atoms with Crippen molar-refractivity contribution in [1.29, 1.82) is 5.26 Å². The molecular weight excluding hydrogens is 220 g/mol. The van der Waals surface area contributed by atoms with Crippen LogP contribution in [0.3, 0.4) is 0 Å². The SMILES string of the molecule is N#Cc1ccc(NC/C=C/CN)cc1[N+](=O)[O-]. The fourth-order valence-electron chi connectivity index (χ4n) is 1.24. The zero-order chi connectivity index (χ0) is 12.7. The summed E-state index contributed by atoms with van der Waals surface area (Å²) in [6.07, 6.45) is 3.61. The standard InChI is InChI=1S/C11H12N4O2/c12-5-1-2-6-14-10-4-3-9(8-13)11(7-10)15(16)17/h1-4,7,14H,5-6,12H2/b2-1+. The molecule has 0 saturated carbocycles. The molecule has 0 aliphatic carbocycles. The number of rotatable bonds is 5. The summed E-state index contributed by atoms with van der Waals surface area (Å²) in [7, 11) is 0. The summed E-state index contributed by atoms with van der Waals surface area (Å²) < 4.78 is 0. The van der Waals surface area contributed by atoms with Gasteiger partial charge in [-0.1, -0.05) is 12.2 Å². The van der Waals surface area contributed by atoms with Crippen LogP contribution < -0.4 is 11.1 Å². The smallest absolute Gasteiger partial charge is 0.289 e.